The average Bonchev–Trinajstić information content (AvgIpc) is 2.91. The summed E-state index contributed by atoms with van der Waals surface area (Å²) in [6.07, 6.45) is 3.93. The van der Waals surface area contributed by atoms with Crippen LogP contribution < -0.4 is 14.8 Å². The fourth-order valence-electron chi connectivity index (χ4n) is 3.68. The molecule has 1 aromatic heterocycles. The van der Waals surface area contributed by atoms with Crippen molar-refractivity contribution in [1.29, 1.82) is 0 Å². The van der Waals surface area contributed by atoms with Crippen LogP contribution in [0.2, 0.25) is 0 Å². The molecule has 36 heavy (non-hydrogen) atoms. The third-order valence-corrected chi connectivity index (χ3v) is 5.46. The first kappa shape index (κ1) is 24.6. The van der Waals surface area contributed by atoms with Crippen LogP contribution in [0.25, 0.3) is 0 Å². The summed E-state index contributed by atoms with van der Waals surface area (Å²) in [5, 5.41) is 8.70. The van der Waals surface area contributed by atoms with Gasteiger partial charge < -0.3 is 19.5 Å². The lowest BCUT2D eigenvalue weighted by Crippen LogP contribution is -2.41. The molecule has 10 heteroatoms. The Hall–Kier alpha value is -4.47. The summed E-state index contributed by atoms with van der Waals surface area (Å²) in [5.74, 6) is 0.851. The summed E-state index contributed by atoms with van der Waals surface area (Å²) in [5.41, 5.74) is 3.04. The van der Waals surface area contributed by atoms with Crippen LogP contribution in [0, 0.1) is 0 Å². The third-order valence-electron chi connectivity index (χ3n) is 5.46. The molecule has 2 amide bonds. The second kappa shape index (κ2) is 11.3. The summed E-state index contributed by atoms with van der Waals surface area (Å²) in [7, 11) is 1.58. The van der Waals surface area contributed by atoms with Crippen molar-refractivity contribution in [2.24, 2.45) is 5.10 Å². The van der Waals surface area contributed by atoms with Crippen LogP contribution in [0.4, 0.5) is 10.5 Å². The molecule has 4 rings (SSSR count). The van der Waals surface area contributed by atoms with Crippen LogP contribution in [0.1, 0.15) is 41.9 Å². The lowest BCUT2D eigenvalue weighted by molar-refractivity contribution is 0.0712. The Labute approximate surface area is 208 Å². The standard InChI is InChI=1S/C26H27N5O5/c1-4-21-24(18-8-11-22(34-3)23(14-18)35-5-2)30-31(26(33)36-21)16-17-6-9-19(10-7-17)29-25(32)20-15-27-12-13-28-20/h6-15,21H,4-5,16H2,1-3H3,(H,29,32). The van der Waals surface area contributed by atoms with Crippen LogP contribution in [-0.4, -0.2) is 52.5 Å². The zero-order valence-corrected chi connectivity index (χ0v) is 20.3. The topological polar surface area (TPSA) is 115 Å². The maximum atomic E-state index is 12.7. The smallest absolute Gasteiger partial charge is 0.431 e. The van der Waals surface area contributed by atoms with Gasteiger partial charge in [0.05, 0.1) is 26.5 Å². The number of carbonyl (C=O) groups is 2. The number of aromatic nitrogens is 2. The SMILES string of the molecule is CCOc1cc(C2=NN(Cc3ccc(NC(=O)c4cnccn4)cc3)C(=O)OC2CC)ccc1OC. The van der Waals surface area contributed by atoms with E-state index in [-0.39, 0.29) is 18.1 Å². The van der Waals surface area contributed by atoms with E-state index in [1.165, 1.54) is 23.6 Å². The molecular weight excluding hydrogens is 462 g/mol. The van der Waals surface area contributed by atoms with E-state index >= 15 is 0 Å². The zero-order chi connectivity index (χ0) is 25.5. The first-order valence-corrected chi connectivity index (χ1v) is 11.6. The maximum Gasteiger partial charge on any atom is 0.431 e. The molecule has 0 fully saturated rings. The minimum atomic E-state index is -0.524. The molecule has 0 saturated heterocycles. The van der Waals surface area contributed by atoms with Gasteiger partial charge in [-0.2, -0.15) is 10.1 Å². The Bertz CT molecular complexity index is 1250. The van der Waals surface area contributed by atoms with Gasteiger partial charge in [-0.25, -0.2) is 9.78 Å². The molecule has 0 bridgehead atoms. The molecule has 0 spiro atoms. The van der Waals surface area contributed by atoms with E-state index in [0.29, 0.717) is 35.9 Å². The van der Waals surface area contributed by atoms with E-state index in [0.717, 1.165) is 11.1 Å². The van der Waals surface area contributed by atoms with Crippen molar-refractivity contribution in [3.05, 3.63) is 77.9 Å². The molecule has 0 aliphatic carbocycles. The van der Waals surface area contributed by atoms with Crippen LogP contribution >= 0.6 is 0 Å². The number of nitrogens with zero attached hydrogens (tertiary/aromatic N) is 4. The van der Waals surface area contributed by atoms with E-state index in [1.807, 2.05) is 32.0 Å². The zero-order valence-electron chi connectivity index (χ0n) is 20.3. The number of rotatable bonds is 9. The van der Waals surface area contributed by atoms with Crippen LogP contribution in [0.3, 0.4) is 0 Å². The van der Waals surface area contributed by atoms with Crippen molar-refractivity contribution in [3.63, 3.8) is 0 Å². The van der Waals surface area contributed by atoms with Gasteiger partial charge in [0, 0.05) is 23.6 Å². The van der Waals surface area contributed by atoms with Crippen molar-refractivity contribution in [2.45, 2.75) is 32.9 Å². The molecule has 1 aliphatic heterocycles. The molecule has 186 valence electrons. The van der Waals surface area contributed by atoms with Gasteiger partial charge in [-0.3, -0.25) is 9.78 Å². The highest BCUT2D eigenvalue weighted by atomic mass is 16.6. The Balaban J connectivity index is 1.52. The van der Waals surface area contributed by atoms with Crippen molar-refractivity contribution in [1.82, 2.24) is 15.0 Å². The third kappa shape index (κ3) is 5.60. The number of carbonyl (C=O) groups excluding carboxylic acids is 2. The number of cyclic esters (lactones) is 1. The number of benzene rings is 2. The molecule has 2 aromatic carbocycles. The molecule has 1 aliphatic rings. The Morgan fingerprint density at radius 1 is 1.11 bits per heavy atom. The van der Waals surface area contributed by atoms with Gasteiger partial charge >= 0.3 is 6.09 Å². The first-order chi connectivity index (χ1) is 17.5. The number of amides is 2. The first-order valence-electron chi connectivity index (χ1n) is 11.6. The summed E-state index contributed by atoms with van der Waals surface area (Å²) < 4.78 is 16.8. The van der Waals surface area contributed by atoms with E-state index < -0.39 is 12.2 Å². The van der Waals surface area contributed by atoms with Crippen LogP contribution in [-0.2, 0) is 11.3 Å². The van der Waals surface area contributed by atoms with Gasteiger partial charge in [0.2, 0.25) is 0 Å². The van der Waals surface area contributed by atoms with Crippen molar-refractivity contribution in [2.75, 3.05) is 19.0 Å². The molecule has 1 N–H and O–H groups in total. The highest BCUT2D eigenvalue weighted by Crippen LogP contribution is 2.30. The van der Waals surface area contributed by atoms with E-state index in [2.05, 4.69) is 20.4 Å². The highest BCUT2D eigenvalue weighted by Gasteiger charge is 2.31. The lowest BCUT2D eigenvalue weighted by Gasteiger charge is -2.29. The molecule has 2 heterocycles. The van der Waals surface area contributed by atoms with Crippen LogP contribution in [0.15, 0.2) is 66.2 Å². The minimum Gasteiger partial charge on any atom is -0.493 e. The largest absolute Gasteiger partial charge is 0.493 e. The summed E-state index contributed by atoms with van der Waals surface area (Å²) >= 11 is 0. The van der Waals surface area contributed by atoms with Gasteiger partial charge in [0.15, 0.2) is 11.5 Å². The van der Waals surface area contributed by atoms with Gasteiger partial charge in [0.1, 0.15) is 17.5 Å². The van der Waals surface area contributed by atoms with Gasteiger partial charge in [-0.1, -0.05) is 19.1 Å². The molecule has 1 unspecified atom stereocenters. The predicted octanol–water partition coefficient (Wildman–Crippen LogP) is 4.27. The molecule has 0 saturated carbocycles. The second-order valence-electron chi connectivity index (χ2n) is 7.86. The fraction of sp³-hybridized carbons (Fsp3) is 0.269. The number of anilines is 1. The lowest BCUT2D eigenvalue weighted by atomic mass is 10.0. The Morgan fingerprint density at radius 2 is 1.92 bits per heavy atom. The van der Waals surface area contributed by atoms with E-state index in [4.69, 9.17) is 14.2 Å². The Morgan fingerprint density at radius 3 is 2.58 bits per heavy atom. The molecule has 3 aromatic rings. The van der Waals surface area contributed by atoms with Crippen molar-refractivity contribution < 1.29 is 23.8 Å². The summed E-state index contributed by atoms with van der Waals surface area (Å²) in [6, 6.07) is 12.6. The van der Waals surface area contributed by atoms with Crippen molar-refractivity contribution >= 4 is 23.4 Å². The highest BCUT2D eigenvalue weighted by molar-refractivity contribution is 6.06. The number of hydrogen-bond acceptors (Lipinski definition) is 8. The normalized spacial score (nSPS) is 15.1. The monoisotopic (exact) mass is 489 g/mol. The quantitative estimate of drug-likeness (QED) is 0.477. The second-order valence-corrected chi connectivity index (χ2v) is 7.86. The van der Waals surface area contributed by atoms with E-state index in [9.17, 15) is 9.59 Å². The maximum absolute atomic E-state index is 12.7. The minimum absolute atomic E-state index is 0.200. The number of hydrogen-bond donors (Lipinski definition) is 1. The predicted molar refractivity (Wildman–Crippen MR) is 133 cm³/mol. The van der Waals surface area contributed by atoms with Gasteiger partial charge in [-0.05, 0) is 49.2 Å². The number of nitrogens with one attached hydrogen (secondary N) is 1. The Kier molecular flexibility index (Phi) is 7.74. The van der Waals surface area contributed by atoms with Gasteiger partial charge in [-0.15, -0.1) is 0 Å². The van der Waals surface area contributed by atoms with Crippen molar-refractivity contribution in [3.8, 4) is 11.5 Å². The van der Waals surface area contributed by atoms with Gasteiger partial charge in [0.25, 0.3) is 5.91 Å². The number of ether oxygens (including phenoxy) is 3. The molecular formula is C26H27N5O5. The summed E-state index contributed by atoms with van der Waals surface area (Å²) in [6.45, 7) is 4.52. The number of hydrazone groups is 1. The molecule has 0 radical (unpaired) electrons. The fourth-order valence-corrected chi connectivity index (χ4v) is 3.68. The average molecular weight is 490 g/mol. The van der Waals surface area contributed by atoms with Crippen LogP contribution in [0.5, 0.6) is 11.5 Å². The number of methoxy groups -OCH3 is 1. The van der Waals surface area contributed by atoms with E-state index in [1.54, 1.807) is 31.4 Å². The molecule has 10 nitrogen and oxygen atoms in total. The summed E-state index contributed by atoms with van der Waals surface area (Å²) in [4.78, 5) is 32.8. The molecule has 1 atom stereocenters.